The highest BCUT2D eigenvalue weighted by atomic mass is 16.5. The predicted molar refractivity (Wildman–Crippen MR) is 79.7 cm³/mol. The minimum atomic E-state index is 0.694. The number of hydrogen-bond acceptors (Lipinski definition) is 3. The molecule has 0 amide bonds. The van der Waals surface area contributed by atoms with Crippen molar-refractivity contribution in [2.45, 2.75) is 26.7 Å². The summed E-state index contributed by atoms with van der Waals surface area (Å²) < 4.78 is 5.54. The molecule has 1 aliphatic rings. The van der Waals surface area contributed by atoms with E-state index >= 15 is 0 Å². The molecule has 0 saturated heterocycles. The van der Waals surface area contributed by atoms with Crippen LogP contribution in [0.25, 0.3) is 0 Å². The highest BCUT2D eigenvalue weighted by Crippen LogP contribution is 2.26. The van der Waals surface area contributed by atoms with Gasteiger partial charge in [-0.15, -0.1) is 0 Å². The first kappa shape index (κ1) is 14.4. The van der Waals surface area contributed by atoms with Gasteiger partial charge >= 0.3 is 0 Å². The van der Waals surface area contributed by atoms with E-state index in [1.807, 2.05) is 0 Å². The van der Waals surface area contributed by atoms with Crippen LogP contribution in [0.2, 0.25) is 0 Å². The van der Waals surface area contributed by atoms with Crippen LogP contribution in [-0.2, 0) is 12.8 Å². The fourth-order valence-corrected chi connectivity index (χ4v) is 2.68. The molecule has 1 aromatic carbocycles. The minimum Gasteiger partial charge on any atom is -0.493 e. The molecule has 0 unspecified atom stereocenters. The maximum atomic E-state index is 5.69. The Bertz CT molecular complexity index is 404. The lowest BCUT2D eigenvalue weighted by Gasteiger charge is -2.23. The Labute approximate surface area is 116 Å². The quantitative estimate of drug-likeness (QED) is 0.817. The van der Waals surface area contributed by atoms with E-state index in [9.17, 15) is 0 Å². The van der Waals surface area contributed by atoms with Crippen molar-refractivity contribution in [1.29, 1.82) is 0 Å². The van der Waals surface area contributed by atoms with Gasteiger partial charge in [0.25, 0.3) is 0 Å². The number of fused-ring (bicyclic) bond motifs is 1. The zero-order chi connectivity index (χ0) is 13.7. The fourth-order valence-electron chi connectivity index (χ4n) is 2.68. The van der Waals surface area contributed by atoms with Crippen LogP contribution >= 0.6 is 0 Å². The van der Waals surface area contributed by atoms with Crippen LogP contribution in [0.3, 0.4) is 0 Å². The van der Waals surface area contributed by atoms with Gasteiger partial charge in [-0.2, -0.15) is 0 Å². The van der Waals surface area contributed by atoms with E-state index in [1.165, 1.54) is 11.1 Å². The Hall–Kier alpha value is -1.06. The highest BCUT2D eigenvalue weighted by molar-refractivity contribution is 5.39. The van der Waals surface area contributed by atoms with Crippen molar-refractivity contribution in [2.75, 3.05) is 32.8 Å². The smallest absolute Gasteiger partial charge is 0.122 e. The van der Waals surface area contributed by atoms with Crippen molar-refractivity contribution in [3.63, 3.8) is 0 Å². The van der Waals surface area contributed by atoms with Crippen LogP contribution in [0.5, 0.6) is 5.75 Å². The monoisotopic (exact) mass is 262 g/mol. The van der Waals surface area contributed by atoms with Crippen LogP contribution in [0.15, 0.2) is 18.2 Å². The highest BCUT2D eigenvalue weighted by Gasteiger charge is 2.12. The second-order valence-corrected chi connectivity index (χ2v) is 5.77. The Morgan fingerprint density at radius 1 is 1.32 bits per heavy atom. The van der Waals surface area contributed by atoms with Gasteiger partial charge in [0.2, 0.25) is 0 Å². The largest absolute Gasteiger partial charge is 0.493 e. The molecule has 0 aromatic heterocycles. The van der Waals surface area contributed by atoms with Gasteiger partial charge in [0.1, 0.15) is 5.75 Å². The lowest BCUT2D eigenvalue weighted by Crippen LogP contribution is -2.34. The van der Waals surface area contributed by atoms with E-state index in [2.05, 4.69) is 36.9 Å². The summed E-state index contributed by atoms with van der Waals surface area (Å²) in [6.45, 7) is 9.31. The second kappa shape index (κ2) is 6.92. The van der Waals surface area contributed by atoms with Crippen molar-refractivity contribution < 1.29 is 4.74 Å². The molecule has 3 nitrogen and oxygen atoms in total. The van der Waals surface area contributed by atoms with Crippen LogP contribution in [0.1, 0.15) is 25.0 Å². The first-order chi connectivity index (χ1) is 9.19. The van der Waals surface area contributed by atoms with Gasteiger partial charge in [0, 0.05) is 32.6 Å². The van der Waals surface area contributed by atoms with Gasteiger partial charge in [0.05, 0.1) is 6.61 Å². The van der Waals surface area contributed by atoms with E-state index in [0.717, 1.165) is 51.4 Å². The third-order valence-electron chi connectivity index (χ3n) is 3.54. The van der Waals surface area contributed by atoms with E-state index < -0.39 is 0 Å². The summed E-state index contributed by atoms with van der Waals surface area (Å²) in [6, 6.07) is 6.62. The molecule has 0 bridgehead atoms. The van der Waals surface area contributed by atoms with Crippen LogP contribution in [0, 0.1) is 5.92 Å². The third kappa shape index (κ3) is 4.22. The van der Waals surface area contributed by atoms with Crippen molar-refractivity contribution in [3.05, 3.63) is 29.3 Å². The van der Waals surface area contributed by atoms with Crippen LogP contribution in [-0.4, -0.2) is 37.7 Å². The molecular formula is C16H26N2O. The number of nitrogens with zero attached hydrogens (tertiary/aromatic N) is 1. The summed E-state index contributed by atoms with van der Waals surface area (Å²) in [5.74, 6) is 1.77. The Morgan fingerprint density at radius 3 is 2.89 bits per heavy atom. The average Bonchev–Trinajstić information content (AvgIpc) is 2.83. The Morgan fingerprint density at radius 2 is 2.16 bits per heavy atom. The Kier molecular flexibility index (Phi) is 5.23. The number of ether oxygens (including phenoxy) is 1. The molecule has 0 aliphatic carbocycles. The second-order valence-electron chi connectivity index (χ2n) is 5.77. The molecule has 0 atom stereocenters. The van der Waals surface area contributed by atoms with Gasteiger partial charge < -0.3 is 15.4 Å². The topological polar surface area (TPSA) is 38.5 Å². The SMILES string of the molecule is CC(C)CN(CCN)CCc1ccc2c(c1)CCO2. The number of nitrogens with two attached hydrogens (primary N) is 1. The minimum absolute atomic E-state index is 0.694. The zero-order valence-corrected chi connectivity index (χ0v) is 12.2. The molecule has 2 N–H and O–H groups in total. The first-order valence-corrected chi connectivity index (χ1v) is 7.36. The standard InChI is InChI=1S/C16H26N2O/c1-13(2)12-18(9-7-17)8-5-14-3-4-16-15(11-14)6-10-19-16/h3-4,11,13H,5-10,12,17H2,1-2H3. The molecule has 1 heterocycles. The van der Waals surface area contributed by atoms with E-state index in [4.69, 9.17) is 10.5 Å². The third-order valence-corrected chi connectivity index (χ3v) is 3.54. The molecule has 106 valence electrons. The lowest BCUT2D eigenvalue weighted by atomic mass is 10.1. The van der Waals surface area contributed by atoms with Crippen LogP contribution < -0.4 is 10.5 Å². The van der Waals surface area contributed by atoms with Gasteiger partial charge in [-0.3, -0.25) is 0 Å². The summed E-state index contributed by atoms with van der Waals surface area (Å²) in [4.78, 5) is 2.47. The summed E-state index contributed by atoms with van der Waals surface area (Å²) in [7, 11) is 0. The Balaban J connectivity index is 1.89. The molecule has 3 heteroatoms. The van der Waals surface area contributed by atoms with E-state index in [-0.39, 0.29) is 0 Å². The van der Waals surface area contributed by atoms with Gasteiger partial charge in [0.15, 0.2) is 0 Å². The summed E-state index contributed by atoms with van der Waals surface area (Å²) in [5, 5.41) is 0. The molecule has 2 rings (SSSR count). The number of rotatable bonds is 7. The molecule has 0 saturated carbocycles. The van der Waals surface area contributed by atoms with E-state index in [0.29, 0.717) is 5.92 Å². The van der Waals surface area contributed by atoms with Crippen molar-refractivity contribution in [3.8, 4) is 5.75 Å². The lowest BCUT2D eigenvalue weighted by molar-refractivity contribution is 0.253. The summed E-state index contributed by atoms with van der Waals surface area (Å²) >= 11 is 0. The maximum absolute atomic E-state index is 5.69. The average molecular weight is 262 g/mol. The van der Waals surface area contributed by atoms with Crippen molar-refractivity contribution in [2.24, 2.45) is 11.7 Å². The predicted octanol–water partition coefficient (Wildman–Crippen LogP) is 2.08. The van der Waals surface area contributed by atoms with Crippen molar-refractivity contribution >= 4 is 0 Å². The molecule has 1 aromatic rings. The number of hydrogen-bond donors (Lipinski definition) is 1. The maximum Gasteiger partial charge on any atom is 0.122 e. The molecule has 0 radical (unpaired) electrons. The first-order valence-electron chi connectivity index (χ1n) is 7.36. The normalized spacial score (nSPS) is 13.9. The van der Waals surface area contributed by atoms with Gasteiger partial charge in [-0.25, -0.2) is 0 Å². The molecule has 0 fully saturated rings. The zero-order valence-electron chi connectivity index (χ0n) is 12.2. The van der Waals surface area contributed by atoms with Crippen molar-refractivity contribution in [1.82, 2.24) is 4.90 Å². The summed E-state index contributed by atoms with van der Waals surface area (Å²) in [6.07, 6.45) is 2.15. The summed E-state index contributed by atoms with van der Waals surface area (Å²) in [5.41, 5.74) is 8.47. The molecule has 0 spiro atoms. The van der Waals surface area contributed by atoms with Crippen LogP contribution in [0.4, 0.5) is 0 Å². The van der Waals surface area contributed by atoms with Gasteiger partial charge in [-0.1, -0.05) is 26.0 Å². The molecule has 19 heavy (non-hydrogen) atoms. The molecule has 1 aliphatic heterocycles. The van der Waals surface area contributed by atoms with Gasteiger partial charge in [-0.05, 0) is 29.5 Å². The van der Waals surface area contributed by atoms with E-state index in [1.54, 1.807) is 0 Å². The number of benzene rings is 1. The fraction of sp³-hybridized carbons (Fsp3) is 0.625. The molecular weight excluding hydrogens is 236 g/mol.